The molecular weight excluding hydrogens is 282 g/mol. The minimum atomic E-state index is 0.0647. The first-order chi connectivity index (χ1) is 10.2. The van der Waals surface area contributed by atoms with Crippen molar-refractivity contribution in [1.82, 2.24) is 4.90 Å². The highest BCUT2D eigenvalue weighted by molar-refractivity contribution is 8.00. The number of rotatable bonds is 6. The number of carbonyl (C=O) groups is 1. The third-order valence-corrected chi connectivity index (χ3v) is 5.14. The van der Waals surface area contributed by atoms with Gasteiger partial charge in [0.1, 0.15) is 0 Å². The van der Waals surface area contributed by atoms with E-state index in [-0.39, 0.29) is 12.5 Å². The third kappa shape index (κ3) is 4.75. The lowest BCUT2D eigenvalue weighted by molar-refractivity contribution is -0.131. The lowest BCUT2D eigenvalue weighted by atomic mass is 9.94. The highest BCUT2D eigenvalue weighted by Gasteiger charge is 2.23. The molecule has 0 heterocycles. The second-order valence-electron chi connectivity index (χ2n) is 5.56. The molecule has 0 aromatic heterocycles. The van der Waals surface area contributed by atoms with Crippen LogP contribution in [0.5, 0.6) is 0 Å². The summed E-state index contributed by atoms with van der Waals surface area (Å²) in [4.78, 5) is 15.6. The molecule has 0 unspecified atom stereocenters. The number of carbonyl (C=O) groups excluding carboxylic acids is 1. The second-order valence-corrected chi connectivity index (χ2v) is 6.61. The lowest BCUT2D eigenvalue weighted by Crippen LogP contribution is -2.42. The highest BCUT2D eigenvalue weighted by Crippen LogP contribution is 2.24. The van der Waals surface area contributed by atoms with Crippen LogP contribution in [-0.2, 0) is 11.4 Å². The van der Waals surface area contributed by atoms with Crippen molar-refractivity contribution in [2.24, 2.45) is 0 Å². The standard InChI is InChI=1S/C17H25NO2S/c1-2-18(15-6-4-3-5-7-15)17(20)13-21-16-10-8-14(12-19)9-11-16/h8-11,15,19H,2-7,12-13H2,1H3. The van der Waals surface area contributed by atoms with Gasteiger partial charge in [-0.15, -0.1) is 11.8 Å². The van der Waals surface area contributed by atoms with Gasteiger partial charge in [-0.3, -0.25) is 4.79 Å². The van der Waals surface area contributed by atoms with Crippen LogP contribution in [0.15, 0.2) is 29.2 Å². The molecule has 2 rings (SSSR count). The summed E-state index contributed by atoms with van der Waals surface area (Å²) < 4.78 is 0. The van der Waals surface area contributed by atoms with E-state index in [0.717, 1.165) is 29.8 Å². The van der Waals surface area contributed by atoms with Gasteiger partial charge in [0, 0.05) is 17.5 Å². The molecule has 0 atom stereocenters. The Balaban J connectivity index is 1.86. The van der Waals surface area contributed by atoms with E-state index >= 15 is 0 Å². The molecule has 1 N–H and O–H groups in total. The van der Waals surface area contributed by atoms with Crippen molar-refractivity contribution < 1.29 is 9.90 Å². The van der Waals surface area contributed by atoms with Crippen LogP contribution < -0.4 is 0 Å². The summed E-state index contributed by atoms with van der Waals surface area (Å²) in [6.07, 6.45) is 6.15. The Hall–Kier alpha value is -1.00. The van der Waals surface area contributed by atoms with E-state index in [1.807, 2.05) is 24.3 Å². The quantitative estimate of drug-likeness (QED) is 0.818. The van der Waals surface area contributed by atoms with Crippen LogP contribution in [0.1, 0.15) is 44.6 Å². The van der Waals surface area contributed by atoms with Gasteiger partial charge in [0.05, 0.1) is 12.4 Å². The van der Waals surface area contributed by atoms with Crippen LogP contribution >= 0.6 is 11.8 Å². The molecular formula is C17H25NO2S. The van der Waals surface area contributed by atoms with Crippen LogP contribution in [0, 0.1) is 0 Å². The number of nitrogens with zero attached hydrogens (tertiary/aromatic N) is 1. The zero-order valence-corrected chi connectivity index (χ0v) is 13.6. The molecule has 21 heavy (non-hydrogen) atoms. The van der Waals surface area contributed by atoms with Gasteiger partial charge in [-0.05, 0) is 37.5 Å². The summed E-state index contributed by atoms with van der Waals surface area (Å²) >= 11 is 1.58. The maximum Gasteiger partial charge on any atom is 0.233 e. The van der Waals surface area contributed by atoms with E-state index in [1.165, 1.54) is 19.3 Å². The predicted octanol–water partition coefficient (Wildman–Crippen LogP) is 3.45. The summed E-state index contributed by atoms with van der Waals surface area (Å²) in [6.45, 7) is 2.95. The van der Waals surface area contributed by atoms with Gasteiger partial charge in [-0.2, -0.15) is 0 Å². The number of aliphatic hydroxyl groups excluding tert-OH is 1. The van der Waals surface area contributed by atoms with Gasteiger partial charge in [0.25, 0.3) is 0 Å². The van der Waals surface area contributed by atoms with Gasteiger partial charge in [-0.25, -0.2) is 0 Å². The molecule has 0 bridgehead atoms. The van der Waals surface area contributed by atoms with E-state index in [1.54, 1.807) is 11.8 Å². The van der Waals surface area contributed by atoms with Crippen molar-refractivity contribution in [2.45, 2.75) is 56.6 Å². The zero-order valence-electron chi connectivity index (χ0n) is 12.8. The Morgan fingerprint density at radius 3 is 2.48 bits per heavy atom. The fourth-order valence-corrected chi connectivity index (χ4v) is 3.73. The molecule has 1 aromatic rings. The molecule has 1 fully saturated rings. The number of amides is 1. The van der Waals surface area contributed by atoms with Crippen LogP contribution in [-0.4, -0.2) is 34.3 Å². The summed E-state index contributed by atoms with van der Waals surface area (Å²) in [5.41, 5.74) is 0.906. The van der Waals surface area contributed by atoms with E-state index in [2.05, 4.69) is 11.8 Å². The maximum atomic E-state index is 12.4. The molecule has 0 aliphatic heterocycles. The normalized spacial score (nSPS) is 15.9. The maximum absolute atomic E-state index is 12.4. The Labute approximate surface area is 131 Å². The van der Waals surface area contributed by atoms with Gasteiger partial charge in [-0.1, -0.05) is 31.4 Å². The van der Waals surface area contributed by atoms with Gasteiger partial charge < -0.3 is 10.0 Å². The SMILES string of the molecule is CCN(C(=O)CSc1ccc(CO)cc1)C1CCCCC1. The third-order valence-electron chi connectivity index (χ3n) is 4.14. The Kier molecular flexibility index (Phi) is 6.58. The summed E-state index contributed by atoms with van der Waals surface area (Å²) in [5.74, 6) is 0.753. The summed E-state index contributed by atoms with van der Waals surface area (Å²) in [5, 5.41) is 9.03. The Morgan fingerprint density at radius 1 is 1.24 bits per heavy atom. The molecule has 3 nitrogen and oxygen atoms in total. The molecule has 0 saturated heterocycles. The number of thioether (sulfide) groups is 1. The van der Waals surface area contributed by atoms with Crippen LogP contribution in [0.25, 0.3) is 0 Å². The lowest BCUT2D eigenvalue weighted by Gasteiger charge is -2.33. The zero-order chi connectivity index (χ0) is 15.1. The topological polar surface area (TPSA) is 40.5 Å². The predicted molar refractivity (Wildman–Crippen MR) is 87.3 cm³/mol. The fourth-order valence-electron chi connectivity index (χ4n) is 2.95. The van der Waals surface area contributed by atoms with Crippen LogP contribution in [0.3, 0.4) is 0 Å². The van der Waals surface area contributed by atoms with Gasteiger partial charge in [0.2, 0.25) is 5.91 Å². The Bertz CT molecular complexity index is 441. The highest BCUT2D eigenvalue weighted by atomic mass is 32.2. The summed E-state index contributed by atoms with van der Waals surface area (Å²) in [6, 6.07) is 8.21. The van der Waals surface area contributed by atoms with E-state index in [0.29, 0.717) is 11.8 Å². The number of aliphatic hydroxyl groups is 1. The molecule has 1 aliphatic rings. The van der Waals surface area contributed by atoms with E-state index in [9.17, 15) is 4.79 Å². The van der Waals surface area contributed by atoms with Crippen LogP contribution in [0.4, 0.5) is 0 Å². The van der Waals surface area contributed by atoms with Crippen molar-refractivity contribution >= 4 is 17.7 Å². The van der Waals surface area contributed by atoms with Crippen molar-refractivity contribution in [1.29, 1.82) is 0 Å². The average Bonchev–Trinajstić information content (AvgIpc) is 2.55. The molecule has 0 radical (unpaired) electrons. The van der Waals surface area contributed by atoms with Gasteiger partial charge >= 0.3 is 0 Å². The van der Waals surface area contributed by atoms with Crippen molar-refractivity contribution in [2.75, 3.05) is 12.3 Å². The first-order valence-electron chi connectivity index (χ1n) is 7.86. The smallest absolute Gasteiger partial charge is 0.233 e. The molecule has 1 aliphatic carbocycles. The molecule has 1 amide bonds. The van der Waals surface area contributed by atoms with E-state index in [4.69, 9.17) is 5.11 Å². The molecule has 1 aromatic carbocycles. The minimum Gasteiger partial charge on any atom is -0.392 e. The van der Waals surface area contributed by atoms with Crippen LogP contribution in [0.2, 0.25) is 0 Å². The summed E-state index contributed by atoms with van der Waals surface area (Å²) in [7, 11) is 0. The largest absolute Gasteiger partial charge is 0.392 e. The van der Waals surface area contributed by atoms with Crippen molar-refractivity contribution in [3.63, 3.8) is 0 Å². The molecule has 1 saturated carbocycles. The number of hydrogen-bond donors (Lipinski definition) is 1. The fraction of sp³-hybridized carbons (Fsp3) is 0.588. The number of benzene rings is 1. The molecule has 116 valence electrons. The first-order valence-corrected chi connectivity index (χ1v) is 8.85. The monoisotopic (exact) mass is 307 g/mol. The first kappa shape index (κ1) is 16.4. The molecule has 4 heteroatoms. The minimum absolute atomic E-state index is 0.0647. The Morgan fingerprint density at radius 2 is 1.90 bits per heavy atom. The molecule has 0 spiro atoms. The number of hydrogen-bond acceptors (Lipinski definition) is 3. The second kappa shape index (κ2) is 8.44. The van der Waals surface area contributed by atoms with Gasteiger partial charge in [0.15, 0.2) is 0 Å². The average molecular weight is 307 g/mol. The van der Waals surface area contributed by atoms with Crippen molar-refractivity contribution in [3.05, 3.63) is 29.8 Å². The van der Waals surface area contributed by atoms with E-state index < -0.39 is 0 Å². The van der Waals surface area contributed by atoms with Crippen molar-refractivity contribution in [3.8, 4) is 0 Å².